The molecular weight excluding hydrogens is 457 g/mol. The van der Waals surface area contributed by atoms with Crippen LogP contribution in [0.5, 0.6) is 0 Å². The third kappa shape index (κ3) is 6.24. The van der Waals surface area contributed by atoms with E-state index in [0.717, 1.165) is 9.52 Å². The predicted octanol–water partition coefficient (Wildman–Crippen LogP) is 7.23. The number of rotatable bonds is 10. The van der Waals surface area contributed by atoms with Crippen molar-refractivity contribution in [3.8, 4) is 0 Å². The molecule has 0 fully saturated rings. The molecule has 1 atom stereocenters. The van der Waals surface area contributed by atoms with Gasteiger partial charge in [-0.2, -0.15) is 0 Å². The van der Waals surface area contributed by atoms with Crippen LogP contribution in [-0.4, -0.2) is 21.5 Å². The van der Waals surface area contributed by atoms with Gasteiger partial charge in [-0.25, -0.2) is 0 Å². The number of aryl methyl sites for hydroxylation is 1. The summed E-state index contributed by atoms with van der Waals surface area (Å²) in [5.41, 5.74) is 4.38. The second kappa shape index (κ2) is 12.5. The summed E-state index contributed by atoms with van der Waals surface area (Å²) in [4.78, 5) is 2.43. The number of hydrogen-bond donors (Lipinski definition) is 0. The molecule has 0 N–H and O–H groups in total. The van der Waals surface area contributed by atoms with Crippen molar-refractivity contribution in [1.29, 1.82) is 0 Å². The van der Waals surface area contributed by atoms with Crippen LogP contribution in [0.25, 0.3) is 0 Å². The average molecular weight is 496 g/mol. The number of unbranched alkanes of at least 4 members (excludes halogenated alkanes) is 3. The molecule has 1 unspecified atom stereocenters. The highest BCUT2D eigenvalue weighted by molar-refractivity contribution is 7.79. The second-order valence-corrected chi connectivity index (χ2v) is 12.7. The molecule has 180 valence electrons. The molecule has 1 nitrogen and oxygen atoms in total. The molecule has 3 aromatic rings. The number of likely N-dealkylation sites (N-methyl/N-ethyl adjacent to an activating group) is 1. The first-order valence-electron chi connectivity index (χ1n) is 13.0. The van der Waals surface area contributed by atoms with Crippen LogP contribution < -0.4 is 15.9 Å². The fraction of sp³-hybridized carbons (Fsp3) is 0.312. The molecule has 1 aliphatic rings. The van der Waals surface area contributed by atoms with E-state index in [9.17, 15) is 0 Å². The molecule has 0 aromatic heterocycles. The van der Waals surface area contributed by atoms with E-state index in [2.05, 4.69) is 123 Å². The Kier molecular flexibility index (Phi) is 9.18. The molecule has 0 spiro atoms. The van der Waals surface area contributed by atoms with Gasteiger partial charge < -0.3 is 4.90 Å². The number of hydrogen-bond acceptors (Lipinski definition) is 1. The fourth-order valence-corrected chi connectivity index (χ4v) is 8.14. The van der Waals surface area contributed by atoms with Crippen LogP contribution >= 0.6 is 7.92 Å². The van der Waals surface area contributed by atoms with Gasteiger partial charge in [0.15, 0.2) is 0 Å². The van der Waals surface area contributed by atoms with E-state index in [1.807, 2.05) is 0 Å². The first kappa shape index (κ1) is 25.7. The minimum Gasteiger partial charge on any atom is -0.370 e. The molecule has 3 heteroatoms. The zero-order valence-corrected chi connectivity index (χ0v) is 23.6. The molecule has 3 aromatic carbocycles. The van der Waals surface area contributed by atoms with E-state index < -0.39 is 7.92 Å². The summed E-state index contributed by atoms with van der Waals surface area (Å²) in [5.74, 6) is 0. The maximum Gasteiger partial charge on any atom is 0.0797 e. The van der Waals surface area contributed by atoms with Gasteiger partial charge in [-0.1, -0.05) is 112 Å². The molecule has 1 heterocycles. The van der Waals surface area contributed by atoms with Crippen molar-refractivity contribution < 1.29 is 0 Å². The summed E-state index contributed by atoms with van der Waals surface area (Å²) in [6, 6.07) is 29.6. The van der Waals surface area contributed by atoms with E-state index in [1.54, 1.807) is 5.57 Å². The van der Waals surface area contributed by atoms with E-state index >= 15 is 0 Å². The van der Waals surface area contributed by atoms with Crippen LogP contribution in [0.2, 0.25) is 6.55 Å². The minimum absolute atomic E-state index is 0.291. The third-order valence-corrected chi connectivity index (χ3v) is 10.3. The highest BCUT2D eigenvalue weighted by atomic mass is 31.1. The van der Waals surface area contributed by atoms with Gasteiger partial charge in [0.1, 0.15) is 0 Å². The summed E-state index contributed by atoms with van der Waals surface area (Å²) in [5, 5.41) is 5.77. The zero-order chi connectivity index (χ0) is 24.6. The van der Waals surface area contributed by atoms with E-state index in [4.69, 9.17) is 0 Å². The molecule has 2 radical (unpaired) electrons. The van der Waals surface area contributed by atoms with Gasteiger partial charge in [0.05, 0.1) is 15.6 Å². The van der Waals surface area contributed by atoms with Gasteiger partial charge in [-0.05, 0) is 77.8 Å². The van der Waals surface area contributed by atoms with E-state index in [-0.39, 0.29) is 0 Å². The Morgan fingerprint density at radius 3 is 2.09 bits per heavy atom. The van der Waals surface area contributed by atoms with Crippen LogP contribution in [0.3, 0.4) is 0 Å². The molecule has 0 saturated carbocycles. The molecule has 0 saturated heterocycles. The lowest BCUT2D eigenvalue weighted by atomic mass is 9.94. The maximum atomic E-state index is 2.57. The van der Waals surface area contributed by atoms with Gasteiger partial charge in [-0.15, -0.1) is 0 Å². The third-order valence-electron chi connectivity index (χ3n) is 6.91. The molecular formula is C32H38NPSi. The monoisotopic (exact) mass is 495 g/mol. The summed E-state index contributed by atoms with van der Waals surface area (Å²) in [6.07, 6.45) is 11.5. The summed E-state index contributed by atoms with van der Waals surface area (Å²) in [6.45, 7) is 6.88. The summed E-state index contributed by atoms with van der Waals surface area (Å²) in [7, 11) is 2.49. The number of nitrogens with zero attached hydrogens (tertiary/aromatic N) is 1. The van der Waals surface area contributed by atoms with Crippen molar-refractivity contribution in [1.82, 2.24) is 4.90 Å². The Balaban J connectivity index is 1.72. The fourth-order valence-electron chi connectivity index (χ4n) is 4.95. The van der Waals surface area contributed by atoms with Gasteiger partial charge in [0, 0.05) is 7.05 Å². The number of benzene rings is 3. The Morgan fingerprint density at radius 2 is 1.49 bits per heavy atom. The molecule has 0 bridgehead atoms. The second-order valence-electron chi connectivity index (χ2n) is 9.45. The molecule has 35 heavy (non-hydrogen) atoms. The quantitative estimate of drug-likeness (QED) is 0.163. The Morgan fingerprint density at radius 1 is 0.829 bits per heavy atom. The normalized spacial score (nSPS) is 15.8. The minimum atomic E-state index is -0.600. The van der Waals surface area contributed by atoms with Crippen molar-refractivity contribution in [2.24, 2.45) is 0 Å². The van der Waals surface area contributed by atoms with Gasteiger partial charge in [0.25, 0.3) is 0 Å². The van der Waals surface area contributed by atoms with Crippen molar-refractivity contribution in [3.05, 3.63) is 113 Å². The van der Waals surface area contributed by atoms with Crippen molar-refractivity contribution >= 4 is 33.4 Å². The number of allylic oxidation sites excluding steroid dienone is 2. The van der Waals surface area contributed by atoms with Gasteiger partial charge in [-0.3, -0.25) is 0 Å². The van der Waals surface area contributed by atoms with Crippen LogP contribution in [0.15, 0.2) is 102 Å². The lowest BCUT2D eigenvalue weighted by molar-refractivity contribution is 0.383. The topological polar surface area (TPSA) is 3.24 Å². The zero-order valence-electron chi connectivity index (χ0n) is 21.7. The molecule has 0 amide bonds. The van der Waals surface area contributed by atoms with Crippen molar-refractivity contribution in [2.75, 3.05) is 7.05 Å². The highest BCUT2D eigenvalue weighted by Gasteiger charge is 2.24. The van der Waals surface area contributed by atoms with Gasteiger partial charge in [0.2, 0.25) is 0 Å². The average Bonchev–Trinajstić information content (AvgIpc) is 2.89. The van der Waals surface area contributed by atoms with E-state index in [1.165, 1.54) is 64.3 Å². The Bertz CT molecular complexity index is 1110. The predicted molar refractivity (Wildman–Crippen MR) is 157 cm³/mol. The smallest absolute Gasteiger partial charge is 0.0797 e. The molecule has 0 aliphatic carbocycles. The Labute approximate surface area is 216 Å². The maximum absolute atomic E-state index is 2.57. The van der Waals surface area contributed by atoms with Crippen LogP contribution in [-0.2, 0) is 0 Å². The van der Waals surface area contributed by atoms with Crippen LogP contribution in [0, 0.1) is 6.92 Å². The van der Waals surface area contributed by atoms with E-state index in [0.29, 0.717) is 6.04 Å². The van der Waals surface area contributed by atoms with Crippen molar-refractivity contribution in [2.45, 2.75) is 58.5 Å². The molecule has 1 aliphatic heterocycles. The summed E-state index contributed by atoms with van der Waals surface area (Å²) < 4.78 is 0. The van der Waals surface area contributed by atoms with Crippen LogP contribution in [0.1, 0.15) is 56.2 Å². The largest absolute Gasteiger partial charge is 0.370 e. The standard InChI is InChI=1S/C32H38NPSi/c1-5-6-7-10-15-26-22-31(33(3)24-32(26)35-4)30-23-29(21-20-25(30)2)34(27-16-11-8-12-17-27)28-18-13-9-14-19-28/h8-9,11-14,16-24,31H,5-7,10,15H2,1-4H3. The van der Waals surface area contributed by atoms with Crippen molar-refractivity contribution in [3.63, 3.8) is 0 Å². The highest BCUT2D eigenvalue weighted by Crippen LogP contribution is 2.37. The SMILES string of the molecule is CCCCCCC1=CC(c2cc(P(c3ccccc3)c3ccccc3)ccc2C)N(C)C=C1[Si]C. The lowest BCUT2D eigenvalue weighted by Gasteiger charge is -2.33. The first-order valence-corrected chi connectivity index (χ1v) is 15.8. The summed E-state index contributed by atoms with van der Waals surface area (Å²) >= 11 is 0. The van der Waals surface area contributed by atoms with Gasteiger partial charge >= 0.3 is 0 Å². The molecule has 4 rings (SSSR count). The van der Waals surface area contributed by atoms with Crippen LogP contribution in [0.4, 0.5) is 0 Å². The lowest BCUT2D eigenvalue weighted by Crippen LogP contribution is -2.26. The Hall–Kier alpha value is -2.41. The first-order chi connectivity index (χ1) is 17.1.